The molecule has 2 N–H and O–H groups in total. The van der Waals surface area contributed by atoms with Gasteiger partial charge in [0.25, 0.3) is 0 Å². The van der Waals surface area contributed by atoms with Gasteiger partial charge >= 0.3 is 11.7 Å². The average molecular weight is 280 g/mol. The van der Waals surface area contributed by atoms with Crippen LogP contribution in [0, 0.1) is 15.5 Å². The number of hydrogen-bond donors (Lipinski definition) is 2. The molecule has 0 aromatic heterocycles. The summed E-state index contributed by atoms with van der Waals surface area (Å²) < 4.78 is 4.97. The predicted molar refractivity (Wildman–Crippen MR) is 72.1 cm³/mol. The maximum absolute atomic E-state index is 11.3. The van der Waals surface area contributed by atoms with Crippen LogP contribution in [0.15, 0.2) is 18.2 Å². The number of benzene rings is 1. The lowest BCUT2D eigenvalue weighted by atomic mass is 9.69. The molecule has 0 unspecified atom stereocenters. The minimum Gasteiger partial charge on any atom is -0.490 e. The van der Waals surface area contributed by atoms with Crippen molar-refractivity contribution in [2.75, 3.05) is 19.0 Å². The number of anilines is 1. The Morgan fingerprint density at radius 1 is 1.55 bits per heavy atom. The van der Waals surface area contributed by atoms with E-state index in [1.54, 1.807) is 12.1 Å². The molecule has 7 nitrogen and oxygen atoms in total. The van der Waals surface area contributed by atoms with E-state index in [-0.39, 0.29) is 23.7 Å². The van der Waals surface area contributed by atoms with Gasteiger partial charge in [0.2, 0.25) is 0 Å². The Kier molecular flexibility index (Phi) is 3.78. The van der Waals surface area contributed by atoms with E-state index in [0.717, 1.165) is 6.42 Å². The highest BCUT2D eigenvalue weighted by molar-refractivity contribution is 5.77. The number of ether oxygens (including phenoxy) is 1. The first-order valence-electron chi connectivity index (χ1n) is 6.29. The highest BCUT2D eigenvalue weighted by atomic mass is 16.6. The number of nitrogens with one attached hydrogen (secondary N) is 1. The minimum atomic E-state index is -0.859. The maximum atomic E-state index is 11.3. The quantitative estimate of drug-likeness (QED) is 0.612. The van der Waals surface area contributed by atoms with Crippen molar-refractivity contribution in [3.8, 4) is 5.75 Å². The summed E-state index contributed by atoms with van der Waals surface area (Å²) in [6, 6.07) is 4.68. The van der Waals surface area contributed by atoms with Crippen LogP contribution in [0.3, 0.4) is 0 Å². The van der Waals surface area contributed by atoms with Gasteiger partial charge in [-0.25, -0.2) is 0 Å². The number of carboxylic acid groups (broad SMARTS) is 1. The zero-order valence-corrected chi connectivity index (χ0v) is 11.1. The molecule has 7 heteroatoms. The number of hydrogen-bond acceptors (Lipinski definition) is 5. The lowest BCUT2D eigenvalue weighted by Gasteiger charge is -2.37. The summed E-state index contributed by atoms with van der Waals surface area (Å²) in [6.45, 7) is 0.177. The van der Waals surface area contributed by atoms with E-state index in [9.17, 15) is 20.0 Å². The van der Waals surface area contributed by atoms with Crippen molar-refractivity contribution in [2.45, 2.75) is 19.3 Å². The van der Waals surface area contributed by atoms with Crippen molar-refractivity contribution in [3.63, 3.8) is 0 Å². The number of carboxylic acids is 1. The molecule has 0 atom stereocenters. The van der Waals surface area contributed by atoms with Crippen molar-refractivity contribution in [3.05, 3.63) is 28.3 Å². The lowest BCUT2D eigenvalue weighted by Crippen LogP contribution is -2.43. The fourth-order valence-corrected chi connectivity index (χ4v) is 2.35. The molecule has 1 fully saturated rings. The zero-order valence-electron chi connectivity index (χ0n) is 11.1. The Labute approximate surface area is 115 Å². The van der Waals surface area contributed by atoms with E-state index in [0.29, 0.717) is 12.8 Å². The van der Waals surface area contributed by atoms with Crippen LogP contribution >= 0.6 is 0 Å². The van der Waals surface area contributed by atoms with Crippen LogP contribution in [-0.2, 0) is 4.79 Å². The van der Waals surface area contributed by atoms with Gasteiger partial charge in [-0.05, 0) is 25.0 Å². The van der Waals surface area contributed by atoms with Gasteiger partial charge in [-0.15, -0.1) is 0 Å². The molecule has 1 aromatic carbocycles. The molecular weight excluding hydrogens is 264 g/mol. The number of methoxy groups -OCH3 is 1. The predicted octanol–water partition coefficient (Wildman–Crippen LogP) is 2.27. The molecule has 1 aliphatic rings. The topological polar surface area (TPSA) is 102 Å². The van der Waals surface area contributed by atoms with Gasteiger partial charge in [-0.1, -0.05) is 12.5 Å². The van der Waals surface area contributed by atoms with Crippen LogP contribution in [0.4, 0.5) is 11.4 Å². The summed E-state index contributed by atoms with van der Waals surface area (Å²) in [5.41, 5.74) is -0.700. The molecule has 1 aromatic rings. The Morgan fingerprint density at radius 3 is 2.70 bits per heavy atom. The third-order valence-electron chi connectivity index (χ3n) is 3.78. The van der Waals surface area contributed by atoms with Crippen molar-refractivity contribution >= 4 is 17.3 Å². The number of aliphatic carboxylic acids is 1. The smallest absolute Gasteiger partial charge is 0.333 e. The van der Waals surface area contributed by atoms with Gasteiger partial charge in [-0.3, -0.25) is 14.9 Å². The summed E-state index contributed by atoms with van der Waals surface area (Å²) in [7, 11) is 1.36. The van der Waals surface area contributed by atoms with E-state index in [1.807, 2.05) is 0 Å². The van der Waals surface area contributed by atoms with Gasteiger partial charge in [0.1, 0.15) is 5.69 Å². The molecule has 0 heterocycles. The van der Waals surface area contributed by atoms with Crippen LogP contribution in [0.1, 0.15) is 19.3 Å². The molecule has 108 valence electrons. The first kappa shape index (κ1) is 14.1. The van der Waals surface area contributed by atoms with Crippen molar-refractivity contribution in [1.29, 1.82) is 0 Å². The fourth-order valence-electron chi connectivity index (χ4n) is 2.35. The lowest BCUT2D eigenvalue weighted by molar-refractivity contribution is -0.384. The molecule has 2 rings (SSSR count). The third-order valence-corrected chi connectivity index (χ3v) is 3.78. The Morgan fingerprint density at radius 2 is 2.25 bits per heavy atom. The van der Waals surface area contributed by atoms with Crippen molar-refractivity contribution < 1.29 is 19.6 Å². The zero-order chi connectivity index (χ0) is 14.8. The van der Waals surface area contributed by atoms with E-state index >= 15 is 0 Å². The van der Waals surface area contributed by atoms with Crippen molar-refractivity contribution in [2.24, 2.45) is 5.41 Å². The van der Waals surface area contributed by atoms with Crippen molar-refractivity contribution in [1.82, 2.24) is 0 Å². The SMILES string of the molecule is COc1cccc(NCC2(C(=O)O)CCC2)c1[N+](=O)[O-]. The Bertz CT molecular complexity index is 540. The summed E-state index contributed by atoms with van der Waals surface area (Å²) in [5, 5.41) is 23.2. The molecular formula is C13H16N2O5. The number of rotatable bonds is 6. The summed E-state index contributed by atoms with van der Waals surface area (Å²) in [5.74, 6) is -0.709. The average Bonchev–Trinajstić information content (AvgIpc) is 2.36. The van der Waals surface area contributed by atoms with Crippen LogP contribution < -0.4 is 10.1 Å². The highest BCUT2D eigenvalue weighted by Crippen LogP contribution is 2.42. The highest BCUT2D eigenvalue weighted by Gasteiger charge is 2.44. The van der Waals surface area contributed by atoms with Crippen LogP contribution in [0.5, 0.6) is 5.75 Å². The molecule has 0 aliphatic heterocycles. The van der Waals surface area contributed by atoms with E-state index in [1.165, 1.54) is 13.2 Å². The normalized spacial score (nSPS) is 16.1. The van der Waals surface area contributed by atoms with Crippen LogP contribution in [0.2, 0.25) is 0 Å². The third kappa shape index (κ3) is 2.38. The molecule has 0 saturated heterocycles. The summed E-state index contributed by atoms with van der Waals surface area (Å²) in [6.07, 6.45) is 2.05. The number of carbonyl (C=O) groups is 1. The van der Waals surface area contributed by atoms with Gasteiger partial charge in [0.05, 0.1) is 17.4 Å². The maximum Gasteiger partial charge on any atom is 0.333 e. The molecule has 0 amide bonds. The molecule has 20 heavy (non-hydrogen) atoms. The second-order valence-corrected chi connectivity index (χ2v) is 4.91. The monoisotopic (exact) mass is 280 g/mol. The summed E-state index contributed by atoms with van der Waals surface area (Å²) >= 11 is 0. The number of nitrogens with zero attached hydrogens (tertiary/aromatic N) is 1. The fraction of sp³-hybridized carbons (Fsp3) is 0.462. The van der Waals surface area contributed by atoms with Crippen LogP contribution in [0.25, 0.3) is 0 Å². The minimum absolute atomic E-state index is 0.151. The van der Waals surface area contributed by atoms with Crippen LogP contribution in [-0.4, -0.2) is 29.7 Å². The first-order chi connectivity index (χ1) is 9.50. The number of nitro benzene ring substituents is 1. The summed E-state index contributed by atoms with van der Waals surface area (Å²) in [4.78, 5) is 21.8. The largest absolute Gasteiger partial charge is 0.490 e. The number of para-hydroxylation sites is 1. The molecule has 1 aliphatic carbocycles. The van der Waals surface area contributed by atoms with E-state index < -0.39 is 16.3 Å². The molecule has 0 radical (unpaired) electrons. The van der Waals surface area contributed by atoms with E-state index in [2.05, 4.69) is 5.32 Å². The second-order valence-electron chi connectivity index (χ2n) is 4.91. The Hall–Kier alpha value is -2.31. The number of nitro groups is 1. The van der Waals surface area contributed by atoms with Gasteiger partial charge in [-0.2, -0.15) is 0 Å². The Balaban J connectivity index is 2.21. The van der Waals surface area contributed by atoms with E-state index in [4.69, 9.17) is 4.74 Å². The molecule has 1 saturated carbocycles. The molecule has 0 spiro atoms. The van der Waals surface area contributed by atoms with Gasteiger partial charge in [0, 0.05) is 6.54 Å². The standard InChI is InChI=1S/C13H16N2O5/c1-20-10-5-2-4-9(11(10)15(18)19)14-8-13(12(16)17)6-3-7-13/h2,4-5,14H,3,6-8H2,1H3,(H,16,17). The first-order valence-corrected chi connectivity index (χ1v) is 6.29. The van der Waals surface area contributed by atoms with Gasteiger partial charge < -0.3 is 15.2 Å². The second kappa shape index (κ2) is 5.36. The van der Waals surface area contributed by atoms with Gasteiger partial charge in [0.15, 0.2) is 5.75 Å². The molecule has 0 bridgehead atoms.